The summed E-state index contributed by atoms with van der Waals surface area (Å²) in [5.41, 5.74) is 5.33. The zero-order valence-electron chi connectivity index (χ0n) is 16.4. The van der Waals surface area contributed by atoms with Gasteiger partial charge in [-0.25, -0.2) is 4.98 Å². The number of aromatic nitrogens is 1. The van der Waals surface area contributed by atoms with Crippen molar-refractivity contribution in [3.63, 3.8) is 0 Å². The average molecular weight is 421 g/mol. The summed E-state index contributed by atoms with van der Waals surface area (Å²) < 4.78 is 1.18. The van der Waals surface area contributed by atoms with E-state index in [0.717, 1.165) is 46.2 Å². The molecule has 0 radical (unpaired) electrons. The maximum Gasteiger partial charge on any atom is 0.256 e. The van der Waals surface area contributed by atoms with E-state index in [4.69, 9.17) is 4.98 Å². The van der Waals surface area contributed by atoms with Gasteiger partial charge in [0.1, 0.15) is 16.6 Å². The molecule has 4 aromatic rings. The number of aryl methyl sites for hydroxylation is 1. The van der Waals surface area contributed by atoms with Crippen molar-refractivity contribution >= 4 is 43.8 Å². The van der Waals surface area contributed by atoms with E-state index in [2.05, 4.69) is 24.5 Å². The molecule has 146 valence electrons. The van der Waals surface area contributed by atoms with Gasteiger partial charge in [0.2, 0.25) is 0 Å². The number of hydrogen-bond acceptors (Lipinski definition) is 4. The highest BCUT2D eigenvalue weighted by Gasteiger charge is 2.28. The molecule has 4 nitrogen and oxygen atoms in total. The number of amides is 1. The second-order valence-electron chi connectivity index (χ2n) is 7.65. The molecule has 5 rings (SSSR count). The summed E-state index contributed by atoms with van der Waals surface area (Å²) in [6.45, 7) is 4.13. The quantitative estimate of drug-likeness (QED) is 0.523. The molecule has 3 heterocycles. The number of para-hydroxylation sites is 1. The first-order valence-electron chi connectivity index (χ1n) is 9.78. The van der Waals surface area contributed by atoms with E-state index < -0.39 is 0 Å². The van der Waals surface area contributed by atoms with Crippen molar-refractivity contribution in [2.24, 2.45) is 0 Å². The second kappa shape index (κ2) is 7.37. The van der Waals surface area contributed by atoms with Crippen LogP contribution in [-0.4, -0.2) is 24.5 Å². The molecule has 0 bridgehead atoms. The summed E-state index contributed by atoms with van der Waals surface area (Å²) in [4.78, 5) is 20.7. The summed E-state index contributed by atoms with van der Waals surface area (Å²) in [5, 5.41) is 5.13. The fourth-order valence-corrected chi connectivity index (χ4v) is 6.26. The third kappa shape index (κ3) is 3.48. The monoisotopic (exact) mass is 420 g/mol. The summed E-state index contributed by atoms with van der Waals surface area (Å²) in [6.07, 6.45) is 1.02. The van der Waals surface area contributed by atoms with Crippen LogP contribution in [0.5, 0.6) is 0 Å². The summed E-state index contributed by atoms with van der Waals surface area (Å²) in [7, 11) is 2.23. The van der Waals surface area contributed by atoms with Crippen LogP contribution in [0, 0.1) is 6.92 Å². The van der Waals surface area contributed by atoms with Crippen molar-refractivity contribution in [2.45, 2.75) is 19.9 Å². The lowest BCUT2D eigenvalue weighted by atomic mass is 10.0. The molecule has 2 N–H and O–H groups in total. The van der Waals surface area contributed by atoms with Gasteiger partial charge in [-0.3, -0.25) is 4.79 Å². The Kier molecular flexibility index (Phi) is 4.70. The van der Waals surface area contributed by atoms with Crippen LogP contribution in [0.2, 0.25) is 0 Å². The van der Waals surface area contributed by atoms with Gasteiger partial charge < -0.3 is 10.2 Å². The minimum absolute atomic E-state index is 0.0633. The van der Waals surface area contributed by atoms with Crippen LogP contribution in [0.3, 0.4) is 0 Å². The van der Waals surface area contributed by atoms with Gasteiger partial charge in [-0.05, 0) is 36.8 Å². The standard InChI is InChI=1S/C23H21N3OS2/c1-14-7-9-15(10-8-14)21(27)25-23-20(16-11-12-26(2)13-19(16)29-23)22-24-17-5-3-4-6-18(17)28-22/h3-10H,11-13H2,1-2H3,(H,25,27)/p+1. The van der Waals surface area contributed by atoms with E-state index in [-0.39, 0.29) is 5.91 Å². The maximum absolute atomic E-state index is 12.9. The molecule has 29 heavy (non-hydrogen) atoms. The Balaban J connectivity index is 1.59. The third-order valence-corrected chi connectivity index (χ3v) is 7.60. The minimum atomic E-state index is -0.0633. The van der Waals surface area contributed by atoms with E-state index in [0.29, 0.717) is 5.56 Å². The minimum Gasteiger partial charge on any atom is -0.333 e. The van der Waals surface area contributed by atoms with E-state index in [9.17, 15) is 4.79 Å². The smallest absolute Gasteiger partial charge is 0.256 e. The predicted molar refractivity (Wildman–Crippen MR) is 121 cm³/mol. The summed E-state index contributed by atoms with van der Waals surface area (Å²) in [6, 6.07) is 15.9. The molecule has 1 aliphatic heterocycles. The highest BCUT2D eigenvalue weighted by molar-refractivity contribution is 7.22. The molecular formula is C23H22N3OS2+. The molecule has 1 unspecified atom stereocenters. The molecular weight excluding hydrogens is 398 g/mol. The molecule has 6 heteroatoms. The van der Waals surface area contributed by atoms with E-state index in [1.54, 1.807) is 22.7 Å². The van der Waals surface area contributed by atoms with Crippen LogP contribution >= 0.6 is 22.7 Å². The molecule has 0 fully saturated rings. The van der Waals surface area contributed by atoms with Crippen molar-refractivity contribution in [2.75, 3.05) is 18.9 Å². The number of benzene rings is 2. The van der Waals surface area contributed by atoms with Crippen molar-refractivity contribution in [1.82, 2.24) is 4.98 Å². The van der Waals surface area contributed by atoms with Crippen LogP contribution in [-0.2, 0) is 13.0 Å². The fraction of sp³-hybridized carbons (Fsp3) is 0.217. The summed E-state index contributed by atoms with van der Waals surface area (Å²) in [5.74, 6) is -0.0633. The average Bonchev–Trinajstić information content (AvgIpc) is 3.28. The molecule has 1 aliphatic rings. The SMILES string of the molecule is Cc1ccc(C(=O)Nc2sc3c(c2-c2nc4ccccc4s2)CC[NH+](C)C3)cc1. The number of fused-ring (bicyclic) bond motifs is 2. The van der Waals surface area contributed by atoms with Crippen molar-refractivity contribution < 1.29 is 9.69 Å². The topological polar surface area (TPSA) is 46.4 Å². The third-order valence-electron chi connectivity index (χ3n) is 5.40. The van der Waals surface area contributed by atoms with E-state index in [1.807, 2.05) is 43.3 Å². The first-order valence-corrected chi connectivity index (χ1v) is 11.4. The number of thiophene rings is 1. The Morgan fingerprint density at radius 1 is 1.10 bits per heavy atom. The molecule has 0 spiro atoms. The van der Waals surface area contributed by atoms with Crippen LogP contribution < -0.4 is 10.2 Å². The second-order valence-corrected chi connectivity index (χ2v) is 9.78. The van der Waals surface area contributed by atoms with Gasteiger partial charge in [-0.15, -0.1) is 22.7 Å². The number of likely N-dealkylation sites (N-methyl/N-ethyl adjacent to an activating group) is 1. The zero-order chi connectivity index (χ0) is 20.0. The van der Waals surface area contributed by atoms with E-state index >= 15 is 0 Å². The summed E-state index contributed by atoms with van der Waals surface area (Å²) >= 11 is 3.42. The van der Waals surface area contributed by atoms with Crippen LogP contribution in [0.1, 0.15) is 26.4 Å². The number of thiazole rings is 1. The largest absolute Gasteiger partial charge is 0.333 e. The van der Waals surface area contributed by atoms with Gasteiger partial charge in [0.15, 0.2) is 0 Å². The van der Waals surface area contributed by atoms with Crippen LogP contribution in [0.15, 0.2) is 48.5 Å². The number of carbonyl (C=O) groups is 1. The number of anilines is 1. The highest BCUT2D eigenvalue weighted by Crippen LogP contribution is 2.44. The first kappa shape index (κ1) is 18.5. The van der Waals surface area contributed by atoms with Crippen LogP contribution in [0.4, 0.5) is 5.00 Å². The normalized spacial score (nSPS) is 16.0. The number of carbonyl (C=O) groups excluding carboxylic acids is 1. The highest BCUT2D eigenvalue weighted by atomic mass is 32.1. The predicted octanol–water partition coefficient (Wildman–Crippen LogP) is 4.16. The lowest BCUT2D eigenvalue weighted by molar-refractivity contribution is -0.895. The Morgan fingerprint density at radius 3 is 2.69 bits per heavy atom. The van der Waals surface area contributed by atoms with Crippen molar-refractivity contribution in [1.29, 1.82) is 0 Å². The number of hydrogen-bond donors (Lipinski definition) is 2. The lowest BCUT2D eigenvalue weighted by Gasteiger charge is -2.19. The molecule has 1 atom stereocenters. The molecule has 0 aliphatic carbocycles. The van der Waals surface area contributed by atoms with Crippen molar-refractivity contribution in [3.05, 3.63) is 70.1 Å². The Bertz CT molecular complexity index is 1170. The zero-order valence-corrected chi connectivity index (χ0v) is 18.0. The molecule has 2 aromatic heterocycles. The number of rotatable bonds is 3. The molecule has 1 amide bonds. The molecule has 0 saturated carbocycles. The fourth-order valence-electron chi connectivity index (χ4n) is 3.79. The number of quaternary nitrogens is 1. The van der Waals surface area contributed by atoms with Crippen molar-refractivity contribution in [3.8, 4) is 10.6 Å². The maximum atomic E-state index is 12.9. The molecule has 2 aromatic carbocycles. The van der Waals surface area contributed by atoms with Gasteiger partial charge in [-0.2, -0.15) is 0 Å². The Hall–Kier alpha value is -2.54. The number of nitrogens with zero attached hydrogens (tertiary/aromatic N) is 1. The Morgan fingerprint density at radius 2 is 1.90 bits per heavy atom. The van der Waals surface area contributed by atoms with Gasteiger partial charge in [-0.1, -0.05) is 29.8 Å². The van der Waals surface area contributed by atoms with Gasteiger partial charge in [0.25, 0.3) is 5.91 Å². The van der Waals surface area contributed by atoms with Gasteiger partial charge in [0, 0.05) is 17.5 Å². The number of nitrogens with one attached hydrogen (secondary N) is 2. The first-order chi connectivity index (χ1) is 14.1. The molecule has 0 saturated heterocycles. The lowest BCUT2D eigenvalue weighted by Crippen LogP contribution is -3.08. The van der Waals surface area contributed by atoms with Gasteiger partial charge >= 0.3 is 0 Å². The van der Waals surface area contributed by atoms with Crippen LogP contribution in [0.25, 0.3) is 20.8 Å². The Labute approximate surface area is 177 Å². The van der Waals surface area contributed by atoms with E-state index in [1.165, 1.54) is 20.0 Å². The van der Waals surface area contributed by atoms with Gasteiger partial charge in [0.05, 0.1) is 28.7 Å².